The third-order valence-electron chi connectivity index (χ3n) is 3.14. The number of rotatable bonds is 4. The van der Waals surface area contributed by atoms with Gasteiger partial charge in [0.15, 0.2) is 0 Å². The first-order chi connectivity index (χ1) is 8.61. The zero-order chi connectivity index (χ0) is 13.1. The van der Waals surface area contributed by atoms with Gasteiger partial charge in [0, 0.05) is 19.7 Å². The molecule has 1 fully saturated rings. The highest BCUT2D eigenvalue weighted by Crippen LogP contribution is 2.24. The van der Waals surface area contributed by atoms with Crippen molar-refractivity contribution in [1.82, 2.24) is 4.90 Å². The molecule has 0 radical (unpaired) electrons. The third-order valence-corrected chi connectivity index (χ3v) is 4.20. The standard InChI is InChI=1S/C12H15NO4S/c14-6-4-8-3-5-13(7-8)11(15)9-1-2-10(18-9)12(16)17/h1-2,8,14H,3-7H2,(H,16,17). The molecule has 0 aromatic carbocycles. The van der Waals surface area contributed by atoms with Crippen LogP contribution in [0, 0.1) is 5.92 Å². The van der Waals surface area contributed by atoms with E-state index in [0.29, 0.717) is 30.3 Å². The highest BCUT2D eigenvalue weighted by atomic mass is 32.1. The normalized spacial score (nSPS) is 19.2. The smallest absolute Gasteiger partial charge is 0.345 e. The van der Waals surface area contributed by atoms with Crippen LogP contribution in [-0.4, -0.2) is 46.7 Å². The fourth-order valence-electron chi connectivity index (χ4n) is 2.16. The molecule has 0 spiro atoms. The van der Waals surface area contributed by atoms with Gasteiger partial charge in [-0.2, -0.15) is 0 Å². The van der Waals surface area contributed by atoms with E-state index in [1.807, 2.05) is 0 Å². The maximum absolute atomic E-state index is 12.1. The summed E-state index contributed by atoms with van der Waals surface area (Å²) in [6.07, 6.45) is 1.62. The summed E-state index contributed by atoms with van der Waals surface area (Å²) >= 11 is 1.01. The Kier molecular flexibility index (Phi) is 3.98. The summed E-state index contributed by atoms with van der Waals surface area (Å²) in [5, 5.41) is 17.7. The van der Waals surface area contributed by atoms with E-state index in [0.717, 1.165) is 17.8 Å². The molecule has 5 nitrogen and oxygen atoms in total. The number of carboxylic acids is 1. The van der Waals surface area contributed by atoms with Crippen LogP contribution in [0.1, 0.15) is 32.2 Å². The van der Waals surface area contributed by atoms with Crippen molar-refractivity contribution in [1.29, 1.82) is 0 Å². The number of hydrogen-bond acceptors (Lipinski definition) is 4. The molecular formula is C12H15NO4S. The maximum atomic E-state index is 12.1. The average Bonchev–Trinajstić information content (AvgIpc) is 2.97. The second-order valence-corrected chi connectivity index (χ2v) is 5.47. The van der Waals surface area contributed by atoms with Crippen LogP contribution in [0.4, 0.5) is 0 Å². The summed E-state index contributed by atoms with van der Waals surface area (Å²) in [6, 6.07) is 3.03. The van der Waals surface area contributed by atoms with Crippen molar-refractivity contribution in [2.45, 2.75) is 12.8 Å². The molecule has 1 saturated heterocycles. The number of aromatic carboxylic acids is 1. The largest absolute Gasteiger partial charge is 0.477 e. The second-order valence-electron chi connectivity index (χ2n) is 4.39. The summed E-state index contributed by atoms with van der Waals surface area (Å²) < 4.78 is 0. The molecular weight excluding hydrogens is 254 g/mol. The lowest BCUT2D eigenvalue weighted by Gasteiger charge is -2.15. The Hall–Kier alpha value is -1.40. The molecule has 0 bridgehead atoms. The molecule has 1 unspecified atom stereocenters. The minimum atomic E-state index is -1.00. The molecule has 18 heavy (non-hydrogen) atoms. The Bertz CT molecular complexity index is 457. The highest BCUT2D eigenvalue weighted by molar-refractivity contribution is 7.15. The van der Waals surface area contributed by atoms with Gasteiger partial charge < -0.3 is 15.1 Å². The molecule has 1 aromatic heterocycles. The lowest BCUT2D eigenvalue weighted by Crippen LogP contribution is -2.28. The monoisotopic (exact) mass is 269 g/mol. The summed E-state index contributed by atoms with van der Waals surface area (Å²) in [7, 11) is 0. The molecule has 1 aliphatic rings. The Morgan fingerprint density at radius 3 is 2.72 bits per heavy atom. The SMILES string of the molecule is O=C(O)c1ccc(C(=O)N2CCC(CCO)C2)s1. The second kappa shape index (κ2) is 5.49. The molecule has 98 valence electrons. The Morgan fingerprint density at radius 1 is 1.39 bits per heavy atom. The minimum Gasteiger partial charge on any atom is -0.477 e. The van der Waals surface area contributed by atoms with E-state index in [2.05, 4.69) is 0 Å². The van der Waals surface area contributed by atoms with Crippen LogP contribution in [0.15, 0.2) is 12.1 Å². The third kappa shape index (κ3) is 2.70. The van der Waals surface area contributed by atoms with Gasteiger partial charge in [-0.15, -0.1) is 11.3 Å². The quantitative estimate of drug-likeness (QED) is 0.863. The molecule has 6 heteroatoms. The van der Waals surface area contributed by atoms with Crippen molar-refractivity contribution in [3.8, 4) is 0 Å². The van der Waals surface area contributed by atoms with E-state index in [4.69, 9.17) is 10.2 Å². The fourth-order valence-corrected chi connectivity index (χ4v) is 2.97. The number of nitrogens with zero attached hydrogens (tertiary/aromatic N) is 1. The van der Waals surface area contributed by atoms with Gasteiger partial charge in [-0.1, -0.05) is 0 Å². The summed E-state index contributed by atoms with van der Waals surface area (Å²) in [4.78, 5) is 25.3. The van der Waals surface area contributed by atoms with Crippen molar-refractivity contribution in [2.24, 2.45) is 5.92 Å². The molecule has 1 amide bonds. The number of carbonyl (C=O) groups excluding carboxylic acids is 1. The van der Waals surface area contributed by atoms with Crippen LogP contribution >= 0.6 is 11.3 Å². The van der Waals surface area contributed by atoms with E-state index in [-0.39, 0.29) is 17.4 Å². The van der Waals surface area contributed by atoms with Gasteiger partial charge in [-0.05, 0) is 30.9 Å². The Morgan fingerprint density at radius 2 is 2.11 bits per heavy atom. The topological polar surface area (TPSA) is 77.8 Å². The van der Waals surface area contributed by atoms with E-state index in [1.54, 1.807) is 11.0 Å². The number of thiophene rings is 1. The van der Waals surface area contributed by atoms with E-state index in [1.165, 1.54) is 6.07 Å². The van der Waals surface area contributed by atoms with Gasteiger partial charge in [0.1, 0.15) is 4.88 Å². The van der Waals surface area contributed by atoms with Gasteiger partial charge in [0.05, 0.1) is 4.88 Å². The zero-order valence-corrected chi connectivity index (χ0v) is 10.7. The summed E-state index contributed by atoms with van der Waals surface area (Å²) in [6.45, 7) is 1.48. The molecule has 0 saturated carbocycles. The van der Waals surface area contributed by atoms with Crippen LogP contribution in [0.5, 0.6) is 0 Å². The van der Waals surface area contributed by atoms with Crippen molar-refractivity contribution >= 4 is 23.2 Å². The van der Waals surface area contributed by atoms with Crippen LogP contribution < -0.4 is 0 Å². The molecule has 1 atom stereocenters. The number of amides is 1. The number of carbonyl (C=O) groups is 2. The Balaban J connectivity index is 2.01. The lowest BCUT2D eigenvalue weighted by atomic mass is 10.1. The van der Waals surface area contributed by atoms with Crippen LogP contribution in [0.3, 0.4) is 0 Å². The Labute approximate surface area is 109 Å². The first-order valence-corrected chi connectivity index (χ1v) is 6.66. The van der Waals surface area contributed by atoms with Crippen molar-refractivity contribution in [2.75, 3.05) is 19.7 Å². The van der Waals surface area contributed by atoms with Crippen LogP contribution in [0.2, 0.25) is 0 Å². The molecule has 2 rings (SSSR count). The van der Waals surface area contributed by atoms with Gasteiger partial charge in [0.25, 0.3) is 5.91 Å². The number of carboxylic acid groups (broad SMARTS) is 1. The van der Waals surface area contributed by atoms with Crippen molar-refractivity contribution in [3.05, 3.63) is 21.9 Å². The van der Waals surface area contributed by atoms with Gasteiger partial charge >= 0.3 is 5.97 Å². The molecule has 2 heterocycles. The predicted molar refractivity (Wildman–Crippen MR) is 67.0 cm³/mol. The number of aliphatic hydroxyl groups is 1. The van der Waals surface area contributed by atoms with E-state index < -0.39 is 5.97 Å². The number of likely N-dealkylation sites (tertiary alicyclic amines) is 1. The van der Waals surface area contributed by atoms with Crippen molar-refractivity contribution in [3.63, 3.8) is 0 Å². The molecule has 1 aliphatic heterocycles. The number of hydrogen-bond donors (Lipinski definition) is 2. The maximum Gasteiger partial charge on any atom is 0.345 e. The molecule has 1 aromatic rings. The summed E-state index contributed by atoms with van der Waals surface area (Å²) in [5.74, 6) is -0.746. The first kappa shape index (κ1) is 13.0. The van der Waals surface area contributed by atoms with Crippen molar-refractivity contribution < 1.29 is 19.8 Å². The molecule has 0 aliphatic carbocycles. The van der Waals surface area contributed by atoms with Gasteiger partial charge in [-0.25, -0.2) is 4.79 Å². The summed E-state index contributed by atoms with van der Waals surface area (Å²) in [5.41, 5.74) is 0. The predicted octanol–water partition coefficient (Wildman–Crippen LogP) is 1.29. The average molecular weight is 269 g/mol. The van der Waals surface area contributed by atoms with E-state index in [9.17, 15) is 9.59 Å². The minimum absolute atomic E-state index is 0.104. The number of aliphatic hydroxyl groups excluding tert-OH is 1. The van der Waals surface area contributed by atoms with Gasteiger partial charge in [0.2, 0.25) is 0 Å². The highest BCUT2D eigenvalue weighted by Gasteiger charge is 2.27. The fraction of sp³-hybridized carbons (Fsp3) is 0.500. The van der Waals surface area contributed by atoms with E-state index >= 15 is 0 Å². The van der Waals surface area contributed by atoms with Crippen LogP contribution in [0.25, 0.3) is 0 Å². The zero-order valence-electron chi connectivity index (χ0n) is 9.83. The molecule has 2 N–H and O–H groups in total. The lowest BCUT2D eigenvalue weighted by molar-refractivity contribution is 0.0701. The van der Waals surface area contributed by atoms with Gasteiger partial charge in [-0.3, -0.25) is 4.79 Å². The van der Waals surface area contributed by atoms with Crippen LogP contribution in [-0.2, 0) is 0 Å². The first-order valence-electron chi connectivity index (χ1n) is 5.85.